The van der Waals surface area contributed by atoms with Gasteiger partial charge in [0.2, 0.25) is 0 Å². The molecule has 1 aromatic rings. The van der Waals surface area contributed by atoms with Crippen LogP contribution in [0.4, 0.5) is 0 Å². The van der Waals surface area contributed by atoms with Gasteiger partial charge in [-0.1, -0.05) is 58.4 Å². The van der Waals surface area contributed by atoms with Gasteiger partial charge in [-0.2, -0.15) is 0 Å². The molecule has 0 saturated carbocycles. The van der Waals surface area contributed by atoms with Gasteiger partial charge in [0.1, 0.15) is 0 Å². The van der Waals surface area contributed by atoms with E-state index in [9.17, 15) is 0 Å². The van der Waals surface area contributed by atoms with E-state index in [1.165, 1.54) is 5.56 Å². The topological polar surface area (TPSA) is 0 Å². The van der Waals surface area contributed by atoms with Gasteiger partial charge in [0, 0.05) is 32.6 Å². The van der Waals surface area contributed by atoms with Crippen molar-refractivity contribution >= 4 is 49.3 Å². The molecule has 4 radical (unpaired) electrons. The van der Waals surface area contributed by atoms with Crippen molar-refractivity contribution in [2.45, 2.75) is 0 Å². The largest absolute Gasteiger partial charge is 0.0883 e. The molecule has 11 heavy (non-hydrogen) atoms. The molecule has 56 valence electrons. The van der Waals surface area contributed by atoms with Crippen LogP contribution in [0.1, 0.15) is 5.56 Å². The maximum absolute atomic E-state index is 3.32. The van der Waals surface area contributed by atoms with E-state index in [0.29, 0.717) is 0 Å². The van der Waals surface area contributed by atoms with Crippen LogP contribution in [0.5, 0.6) is 0 Å². The number of alkyl halides is 1. The van der Waals surface area contributed by atoms with Crippen LogP contribution in [0, 0.1) is 0 Å². The molecule has 0 N–H and O–H groups in total. The summed E-state index contributed by atoms with van der Waals surface area (Å²) in [4.78, 5) is 0. The van der Waals surface area contributed by atoms with E-state index in [2.05, 4.69) is 40.2 Å². The van der Waals surface area contributed by atoms with Crippen LogP contribution < -0.4 is 0 Å². The molecule has 0 amide bonds. The predicted molar refractivity (Wildman–Crippen MR) is 55.0 cm³/mol. The Labute approximate surface area is 96.0 Å². The van der Waals surface area contributed by atoms with E-state index in [4.69, 9.17) is 0 Å². The first-order chi connectivity index (χ1) is 4.93. The van der Waals surface area contributed by atoms with Crippen molar-refractivity contribution in [3.63, 3.8) is 0 Å². The fourth-order valence-electron chi connectivity index (χ4n) is 0.745. The average molecular weight is 404 g/mol. The number of hydrogen-bond donors (Lipinski definition) is 0. The minimum absolute atomic E-state index is 0. The molecule has 0 atom stereocenters. The van der Waals surface area contributed by atoms with Crippen LogP contribution in [0.15, 0.2) is 36.4 Å². The molecule has 0 fully saturated rings. The Balaban J connectivity index is 0.000001000. The summed E-state index contributed by atoms with van der Waals surface area (Å²) in [5.74, 6) is 0. The minimum Gasteiger partial charge on any atom is -0.0883 e. The number of rotatable bonds is 2. The summed E-state index contributed by atoms with van der Waals surface area (Å²) in [6, 6.07) is 10.3. The van der Waals surface area contributed by atoms with Gasteiger partial charge in [-0.3, -0.25) is 0 Å². The van der Waals surface area contributed by atoms with Crippen LogP contribution in [0.2, 0.25) is 0 Å². The summed E-state index contributed by atoms with van der Waals surface area (Å²) >= 11 is 3.32. The first-order valence-corrected chi connectivity index (χ1v) is 4.33. The molecule has 0 aliphatic rings. The van der Waals surface area contributed by atoms with Crippen molar-refractivity contribution in [2.75, 3.05) is 5.33 Å². The van der Waals surface area contributed by atoms with Crippen LogP contribution in [-0.4, -0.2) is 32.6 Å². The molecule has 0 heterocycles. The third-order valence-electron chi connectivity index (χ3n) is 1.20. The third kappa shape index (κ3) is 4.74. The van der Waals surface area contributed by atoms with E-state index in [-0.39, 0.29) is 27.3 Å². The summed E-state index contributed by atoms with van der Waals surface area (Å²) in [5.41, 5.74) is 1.25. The Morgan fingerprint density at radius 1 is 1.18 bits per heavy atom. The zero-order valence-corrected chi connectivity index (χ0v) is 11.6. The smallest absolute Gasteiger partial charge is 0.0215 e. The fraction of sp³-hybridized carbons (Fsp3) is 0.111. The van der Waals surface area contributed by atoms with Gasteiger partial charge in [-0.05, 0) is 5.56 Å². The molecule has 0 spiro atoms. The SMILES string of the molecule is BrCC=Cc1ccccc1.[Pb]. The van der Waals surface area contributed by atoms with Crippen LogP contribution in [0.25, 0.3) is 6.08 Å². The summed E-state index contributed by atoms with van der Waals surface area (Å²) in [6.07, 6.45) is 4.17. The molecule has 0 bridgehead atoms. The van der Waals surface area contributed by atoms with E-state index in [1.807, 2.05) is 18.2 Å². The molecule has 0 aromatic heterocycles. The molecule has 2 heteroatoms. The van der Waals surface area contributed by atoms with Gasteiger partial charge in [0.25, 0.3) is 0 Å². The van der Waals surface area contributed by atoms with Gasteiger partial charge < -0.3 is 0 Å². The van der Waals surface area contributed by atoms with E-state index in [1.54, 1.807) is 0 Å². The van der Waals surface area contributed by atoms with Crippen LogP contribution in [-0.2, 0) is 0 Å². The Morgan fingerprint density at radius 2 is 1.82 bits per heavy atom. The van der Waals surface area contributed by atoms with E-state index in [0.717, 1.165) is 5.33 Å². The predicted octanol–water partition coefficient (Wildman–Crippen LogP) is 2.71. The van der Waals surface area contributed by atoms with Crippen LogP contribution >= 0.6 is 15.9 Å². The maximum Gasteiger partial charge on any atom is 0.0215 e. The molecular formula is C9H9BrPb. The Kier molecular flexibility index (Phi) is 7.27. The minimum atomic E-state index is 0. The summed E-state index contributed by atoms with van der Waals surface area (Å²) in [6.45, 7) is 0. The summed E-state index contributed by atoms with van der Waals surface area (Å²) in [7, 11) is 0. The second-order valence-corrected chi connectivity index (χ2v) is 2.61. The van der Waals surface area contributed by atoms with Crippen molar-refractivity contribution in [2.24, 2.45) is 0 Å². The summed E-state index contributed by atoms with van der Waals surface area (Å²) in [5, 5.41) is 0.919. The zero-order chi connectivity index (χ0) is 7.23. The monoisotopic (exact) mass is 404 g/mol. The Morgan fingerprint density at radius 3 is 2.36 bits per heavy atom. The van der Waals surface area contributed by atoms with Crippen molar-refractivity contribution in [3.8, 4) is 0 Å². The van der Waals surface area contributed by atoms with Gasteiger partial charge in [-0.15, -0.1) is 0 Å². The quantitative estimate of drug-likeness (QED) is 0.526. The van der Waals surface area contributed by atoms with Crippen LogP contribution in [0.3, 0.4) is 0 Å². The number of benzene rings is 1. The second-order valence-electron chi connectivity index (χ2n) is 1.97. The third-order valence-corrected chi connectivity index (χ3v) is 1.57. The molecule has 0 saturated heterocycles. The standard InChI is InChI=1S/C9H9Br.Pb/c10-8-4-7-9-5-2-1-3-6-9;/h1-7H,8H2;. The first kappa shape index (κ1) is 11.4. The Bertz CT molecular complexity index is 206. The Hall–Kier alpha value is 0.362. The molecule has 1 rings (SSSR count). The number of allylic oxidation sites excluding steroid dienone is 1. The molecule has 0 aliphatic heterocycles. The fourth-order valence-corrected chi connectivity index (χ4v) is 0.932. The molecule has 0 nitrogen and oxygen atoms in total. The van der Waals surface area contributed by atoms with Gasteiger partial charge >= 0.3 is 0 Å². The average Bonchev–Trinajstić information content (AvgIpc) is 2.03. The normalized spacial score (nSPS) is 9.55. The number of hydrogen-bond acceptors (Lipinski definition) is 0. The number of halogens is 1. The molecular weight excluding hydrogens is 395 g/mol. The van der Waals surface area contributed by atoms with Gasteiger partial charge in [0.15, 0.2) is 0 Å². The van der Waals surface area contributed by atoms with Gasteiger partial charge in [-0.25, -0.2) is 0 Å². The van der Waals surface area contributed by atoms with Crippen molar-refractivity contribution in [3.05, 3.63) is 42.0 Å². The van der Waals surface area contributed by atoms with Crippen molar-refractivity contribution in [1.29, 1.82) is 0 Å². The van der Waals surface area contributed by atoms with Crippen molar-refractivity contribution in [1.82, 2.24) is 0 Å². The van der Waals surface area contributed by atoms with E-state index >= 15 is 0 Å². The van der Waals surface area contributed by atoms with Gasteiger partial charge in [0.05, 0.1) is 0 Å². The maximum atomic E-state index is 3.32. The summed E-state index contributed by atoms with van der Waals surface area (Å²) < 4.78 is 0. The molecule has 1 aromatic carbocycles. The molecule has 0 aliphatic carbocycles. The molecule has 0 unspecified atom stereocenters. The second kappa shape index (κ2) is 7.04. The van der Waals surface area contributed by atoms with Crippen molar-refractivity contribution < 1.29 is 0 Å². The zero-order valence-electron chi connectivity index (χ0n) is 6.13. The first-order valence-electron chi connectivity index (χ1n) is 3.21. The van der Waals surface area contributed by atoms with E-state index < -0.39 is 0 Å².